The van der Waals surface area contributed by atoms with E-state index in [2.05, 4.69) is 0 Å². The van der Waals surface area contributed by atoms with Gasteiger partial charge < -0.3 is 49.2 Å². The molecule has 2 rings (SSSR count). The Hall–Kier alpha value is -1.92. The number of hydrogen-bond donors (Lipinski definition) is 5. The van der Waals surface area contributed by atoms with Crippen molar-refractivity contribution >= 4 is 6.08 Å². The Labute approximate surface area is 162 Å². The van der Waals surface area contributed by atoms with Gasteiger partial charge >= 0.3 is 5.97 Å². The molecule has 0 unspecified atom stereocenters. The summed E-state index contributed by atoms with van der Waals surface area (Å²) < 4.78 is 25.9. The fourth-order valence-electron chi connectivity index (χ4n) is 2.79. The molecule has 0 amide bonds. The van der Waals surface area contributed by atoms with Crippen LogP contribution in [0.25, 0.3) is 6.08 Å². The summed E-state index contributed by atoms with van der Waals surface area (Å²) >= 11 is 0. The Morgan fingerprint density at radius 2 is 1.64 bits per heavy atom. The van der Waals surface area contributed by atoms with Crippen LogP contribution in [0.15, 0.2) is 18.2 Å². The van der Waals surface area contributed by atoms with E-state index in [9.17, 15) is 20.4 Å². The Morgan fingerprint density at radius 3 is 2.14 bits per heavy atom. The van der Waals surface area contributed by atoms with E-state index in [1.165, 1.54) is 27.4 Å². The van der Waals surface area contributed by atoms with Crippen LogP contribution in [0.5, 0.6) is 17.2 Å². The Balaban J connectivity index is 2.09. The number of methoxy groups -OCH3 is 3. The van der Waals surface area contributed by atoms with Crippen LogP contribution in [-0.4, -0.2) is 90.5 Å². The van der Waals surface area contributed by atoms with E-state index in [0.29, 0.717) is 22.8 Å². The van der Waals surface area contributed by atoms with Crippen molar-refractivity contribution in [2.45, 2.75) is 30.4 Å². The van der Waals surface area contributed by atoms with Crippen molar-refractivity contribution < 1.29 is 49.2 Å². The van der Waals surface area contributed by atoms with Gasteiger partial charge in [-0.15, -0.1) is 0 Å². The highest BCUT2D eigenvalue weighted by Gasteiger charge is 2.53. The van der Waals surface area contributed by atoms with Crippen molar-refractivity contribution in [3.63, 3.8) is 0 Å². The molecule has 0 aliphatic carbocycles. The standard InChI is InChI=1S/C18H26O10/c1-24-11-7-10(8-12(25-2)16(11)26-3)5-4-6-27-18(23)17(22)15(21)14(20)13(9-19)28-18/h4-5,7-8,13-15,17,19-23H,6,9H2,1-3H3/t13-,14-,15+,17-,18-/m1/s1. The maximum Gasteiger partial charge on any atom is 0.311 e. The minimum Gasteiger partial charge on any atom is -0.493 e. The average molecular weight is 402 g/mol. The van der Waals surface area contributed by atoms with Gasteiger partial charge in [0.15, 0.2) is 17.6 Å². The van der Waals surface area contributed by atoms with Crippen molar-refractivity contribution in [1.82, 2.24) is 0 Å². The predicted molar refractivity (Wildman–Crippen MR) is 96.0 cm³/mol. The van der Waals surface area contributed by atoms with E-state index in [-0.39, 0.29) is 6.61 Å². The molecule has 5 atom stereocenters. The molecule has 1 aromatic carbocycles. The smallest absolute Gasteiger partial charge is 0.311 e. The summed E-state index contributed by atoms with van der Waals surface area (Å²) in [6.45, 7) is -0.900. The molecule has 1 aliphatic rings. The van der Waals surface area contributed by atoms with Crippen LogP contribution in [-0.2, 0) is 9.47 Å². The van der Waals surface area contributed by atoms with Crippen molar-refractivity contribution in [3.8, 4) is 17.2 Å². The van der Waals surface area contributed by atoms with E-state index in [4.69, 9.17) is 28.8 Å². The molecule has 1 fully saturated rings. The second-order valence-corrected chi connectivity index (χ2v) is 6.07. The van der Waals surface area contributed by atoms with Gasteiger partial charge in [-0.05, 0) is 17.7 Å². The average Bonchev–Trinajstić information content (AvgIpc) is 2.71. The third-order valence-electron chi connectivity index (χ3n) is 4.31. The first kappa shape index (κ1) is 22.4. The topological polar surface area (TPSA) is 147 Å². The molecule has 158 valence electrons. The second-order valence-electron chi connectivity index (χ2n) is 6.07. The van der Waals surface area contributed by atoms with Crippen molar-refractivity contribution in [1.29, 1.82) is 0 Å². The first-order valence-corrected chi connectivity index (χ1v) is 8.47. The molecule has 5 N–H and O–H groups in total. The summed E-state index contributed by atoms with van der Waals surface area (Å²) in [6, 6.07) is 3.39. The van der Waals surface area contributed by atoms with Crippen LogP contribution in [0.3, 0.4) is 0 Å². The van der Waals surface area contributed by atoms with Gasteiger partial charge in [-0.2, -0.15) is 0 Å². The molecule has 0 radical (unpaired) electrons. The molecule has 1 heterocycles. The number of rotatable bonds is 8. The van der Waals surface area contributed by atoms with E-state index < -0.39 is 37.0 Å². The minimum atomic E-state index is -2.59. The SMILES string of the molecule is COc1cc(C=CCO[C@@]2(O)O[C@H](CO)[C@@H](O)[C@H](O)[C@H]2O)cc(OC)c1OC. The summed E-state index contributed by atoms with van der Waals surface area (Å²) in [7, 11) is 4.47. The Kier molecular flexibility index (Phi) is 7.61. The van der Waals surface area contributed by atoms with Crippen LogP contribution >= 0.6 is 0 Å². The molecule has 0 bridgehead atoms. The van der Waals surface area contributed by atoms with Crippen LogP contribution in [0.4, 0.5) is 0 Å². The first-order valence-electron chi connectivity index (χ1n) is 8.47. The van der Waals surface area contributed by atoms with Gasteiger partial charge in [-0.1, -0.05) is 12.2 Å². The van der Waals surface area contributed by atoms with Gasteiger partial charge in [0.1, 0.15) is 18.3 Å². The Morgan fingerprint density at radius 1 is 1.04 bits per heavy atom. The summed E-state index contributed by atoms with van der Waals surface area (Å²) in [5.74, 6) is -1.25. The molecule has 0 spiro atoms. The van der Waals surface area contributed by atoms with Crippen molar-refractivity contribution in [2.75, 3.05) is 34.5 Å². The maximum atomic E-state index is 10.3. The van der Waals surface area contributed by atoms with Gasteiger partial charge in [0.25, 0.3) is 0 Å². The largest absolute Gasteiger partial charge is 0.493 e. The van der Waals surface area contributed by atoms with Gasteiger partial charge in [-0.3, -0.25) is 0 Å². The minimum absolute atomic E-state index is 0.217. The highest BCUT2D eigenvalue weighted by molar-refractivity contribution is 5.62. The summed E-state index contributed by atoms with van der Waals surface area (Å²) in [5.41, 5.74) is 0.680. The van der Waals surface area contributed by atoms with Gasteiger partial charge in [-0.25, -0.2) is 0 Å². The lowest BCUT2D eigenvalue weighted by Gasteiger charge is -2.44. The molecular weight excluding hydrogens is 376 g/mol. The van der Waals surface area contributed by atoms with E-state index in [1.54, 1.807) is 18.2 Å². The molecule has 0 aromatic heterocycles. The van der Waals surface area contributed by atoms with Crippen molar-refractivity contribution in [3.05, 3.63) is 23.8 Å². The molecule has 1 aliphatic heterocycles. The molecule has 10 heteroatoms. The quantitative estimate of drug-likeness (QED) is 0.338. The summed E-state index contributed by atoms with van der Waals surface area (Å²) in [5, 5.41) is 48.9. The van der Waals surface area contributed by atoms with Crippen LogP contribution < -0.4 is 14.2 Å². The molecule has 0 saturated carbocycles. The fourth-order valence-corrected chi connectivity index (χ4v) is 2.79. The molecule has 1 aromatic rings. The van der Waals surface area contributed by atoms with Crippen molar-refractivity contribution in [2.24, 2.45) is 0 Å². The summed E-state index contributed by atoms with van der Waals surface area (Å²) in [4.78, 5) is 0. The van der Waals surface area contributed by atoms with Gasteiger partial charge in [0.05, 0.1) is 34.5 Å². The zero-order valence-corrected chi connectivity index (χ0v) is 15.8. The lowest BCUT2D eigenvalue weighted by molar-refractivity contribution is -0.446. The number of aliphatic hydroxyl groups excluding tert-OH is 4. The number of hydrogen-bond acceptors (Lipinski definition) is 10. The second kappa shape index (κ2) is 9.52. The zero-order valence-electron chi connectivity index (χ0n) is 15.8. The van der Waals surface area contributed by atoms with E-state index in [1.807, 2.05) is 0 Å². The molecular formula is C18H26O10. The van der Waals surface area contributed by atoms with Crippen LogP contribution in [0, 0.1) is 0 Å². The number of ether oxygens (including phenoxy) is 5. The monoisotopic (exact) mass is 402 g/mol. The third kappa shape index (κ3) is 4.55. The normalized spacial score (nSPS) is 30.4. The third-order valence-corrected chi connectivity index (χ3v) is 4.31. The highest BCUT2D eigenvalue weighted by Crippen LogP contribution is 2.38. The maximum absolute atomic E-state index is 10.3. The fraction of sp³-hybridized carbons (Fsp3) is 0.556. The van der Waals surface area contributed by atoms with E-state index >= 15 is 0 Å². The number of benzene rings is 1. The molecule has 28 heavy (non-hydrogen) atoms. The lowest BCUT2D eigenvalue weighted by Crippen LogP contribution is -2.66. The van der Waals surface area contributed by atoms with Gasteiger partial charge in [0, 0.05) is 0 Å². The first-order chi connectivity index (χ1) is 13.3. The van der Waals surface area contributed by atoms with Crippen LogP contribution in [0.2, 0.25) is 0 Å². The van der Waals surface area contributed by atoms with E-state index in [0.717, 1.165) is 0 Å². The lowest BCUT2D eigenvalue weighted by atomic mass is 9.98. The summed E-state index contributed by atoms with van der Waals surface area (Å²) in [6.07, 6.45) is -3.42. The number of aliphatic hydroxyl groups is 5. The highest BCUT2D eigenvalue weighted by atomic mass is 16.8. The van der Waals surface area contributed by atoms with Gasteiger partial charge in [0.2, 0.25) is 5.75 Å². The van der Waals surface area contributed by atoms with Crippen LogP contribution in [0.1, 0.15) is 5.56 Å². The molecule has 10 nitrogen and oxygen atoms in total. The Bertz CT molecular complexity index is 651. The zero-order chi connectivity index (χ0) is 20.9. The predicted octanol–water partition coefficient (Wildman–Crippen LogP) is -1.14. The molecule has 1 saturated heterocycles.